The van der Waals surface area contributed by atoms with Gasteiger partial charge in [-0.1, -0.05) is 6.92 Å². The summed E-state index contributed by atoms with van der Waals surface area (Å²) in [7, 11) is -3.07. The second kappa shape index (κ2) is 9.34. The molecule has 2 heterocycles. The Bertz CT molecular complexity index is 570. The van der Waals surface area contributed by atoms with Crippen molar-refractivity contribution in [3.8, 4) is 0 Å². The van der Waals surface area contributed by atoms with Crippen molar-refractivity contribution in [3.63, 3.8) is 0 Å². The average molecular weight is 404 g/mol. The number of hydrogen-bond donors (Lipinski definition) is 1. The molecule has 0 aromatic heterocycles. The van der Waals surface area contributed by atoms with Crippen molar-refractivity contribution in [2.45, 2.75) is 32.9 Å². The number of aliphatic carboxylic acids is 1. The molecule has 0 aliphatic carbocycles. The van der Waals surface area contributed by atoms with Crippen LogP contribution in [0.1, 0.15) is 26.7 Å². The van der Waals surface area contributed by atoms with Crippen molar-refractivity contribution in [1.29, 1.82) is 0 Å². The largest absolute Gasteiger partial charge is 0.490 e. The van der Waals surface area contributed by atoms with Gasteiger partial charge in [-0.3, -0.25) is 0 Å². The van der Waals surface area contributed by atoms with Crippen molar-refractivity contribution in [2.75, 3.05) is 51.7 Å². The van der Waals surface area contributed by atoms with Gasteiger partial charge in [0.2, 0.25) is 10.0 Å². The minimum atomic E-state index is -5.08. The predicted octanol–water partition coefficient (Wildman–Crippen LogP) is 1.40. The molecule has 2 aliphatic rings. The molecule has 0 aromatic carbocycles. The van der Waals surface area contributed by atoms with Crippen molar-refractivity contribution < 1.29 is 36.2 Å². The molecule has 1 unspecified atom stereocenters. The predicted molar refractivity (Wildman–Crippen MR) is 89.3 cm³/mol. The van der Waals surface area contributed by atoms with Crippen LogP contribution in [-0.4, -0.2) is 86.6 Å². The van der Waals surface area contributed by atoms with Crippen molar-refractivity contribution in [1.82, 2.24) is 9.21 Å². The molecule has 2 saturated heterocycles. The van der Waals surface area contributed by atoms with Gasteiger partial charge < -0.3 is 14.7 Å². The van der Waals surface area contributed by atoms with Crippen LogP contribution in [0.2, 0.25) is 0 Å². The number of carbonyl (C=O) groups is 1. The van der Waals surface area contributed by atoms with E-state index >= 15 is 0 Å². The maximum absolute atomic E-state index is 12.1. The maximum atomic E-state index is 12.1. The van der Waals surface area contributed by atoms with Crippen molar-refractivity contribution >= 4 is 16.0 Å². The summed E-state index contributed by atoms with van der Waals surface area (Å²) in [6.07, 6.45) is -3.07. The molecule has 154 valence electrons. The topological polar surface area (TPSA) is 87.2 Å². The van der Waals surface area contributed by atoms with Gasteiger partial charge in [0.1, 0.15) is 0 Å². The highest BCUT2D eigenvalue weighted by atomic mass is 32.2. The highest BCUT2D eigenvalue weighted by Crippen LogP contribution is 2.34. The first-order valence-electron chi connectivity index (χ1n) is 8.54. The molecule has 2 rings (SSSR count). The summed E-state index contributed by atoms with van der Waals surface area (Å²) in [6.45, 7) is 9.55. The number of halogens is 3. The lowest BCUT2D eigenvalue weighted by molar-refractivity contribution is -0.192. The number of hydrogen-bond acceptors (Lipinski definition) is 5. The average Bonchev–Trinajstić information content (AvgIpc) is 2.77. The maximum Gasteiger partial charge on any atom is 0.490 e. The summed E-state index contributed by atoms with van der Waals surface area (Å²) in [5.41, 5.74) is -0.00694. The lowest BCUT2D eigenvalue weighted by atomic mass is 9.81. The number of piperidine rings is 1. The number of alkyl halides is 3. The third-order valence-corrected chi connectivity index (χ3v) is 6.42. The Morgan fingerprint density at radius 3 is 2.35 bits per heavy atom. The first-order chi connectivity index (χ1) is 12.0. The Kier molecular flexibility index (Phi) is 8.31. The van der Waals surface area contributed by atoms with E-state index in [0.717, 1.165) is 39.1 Å². The van der Waals surface area contributed by atoms with E-state index < -0.39 is 22.2 Å². The summed E-state index contributed by atoms with van der Waals surface area (Å²) in [5.74, 6) is -2.56. The van der Waals surface area contributed by atoms with Gasteiger partial charge in [0.25, 0.3) is 0 Å². The molecule has 1 atom stereocenters. The second-order valence-corrected chi connectivity index (χ2v) is 8.82. The van der Waals surface area contributed by atoms with E-state index in [4.69, 9.17) is 14.6 Å². The van der Waals surface area contributed by atoms with E-state index in [1.807, 2.05) is 0 Å². The van der Waals surface area contributed by atoms with Crippen LogP contribution in [0.15, 0.2) is 0 Å². The number of carboxylic acids is 1. The number of sulfonamides is 1. The molecule has 1 spiro atoms. The van der Waals surface area contributed by atoms with Crippen LogP contribution >= 0.6 is 0 Å². The molecule has 26 heavy (non-hydrogen) atoms. The molecular weight excluding hydrogens is 377 g/mol. The molecule has 2 aliphatic heterocycles. The second-order valence-electron chi connectivity index (χ2n) is 6.56. The molecule has 0 aromatic rings. The molecule has 0 radical (unpaired) electrons. The number of likely N-dealkylation sites (N-methyl/N-ethyl adjacent to an activating group) is 1. The number of rotatable bonds is 3. The van der Waals surface area contributed by atoms with Gasteiger partial charge in [-0.15, -0.1) is 0 Å². The standard InChI is InChI=1S/C13H26N2O3S.C2HF3O2/c1-3-14-8-9-18-12-13(10-14)6-5-7-15(11-13)19(16,17)4-2;3-2(4,5)1(6)7/h3-12H2,1-2H3;(H,6,7). The smallest absolute Gasteiger partial charge is 0.475 e. The van der Waals surface area contributed by atoms with E-state index in [9.17, 15) is 21.6 Å². The zero-order valence-corrected chi connectivity index (χ0v) is 15.9. The normalized spacial score (nSPS) is 26.0. The monoisotopic (exact) mass is 404 g/mol. The lowest BCUT2D eigenvalue weighted by Gasteiger charge is -2.42. The fourth-order valence-electron chi connectivity index (χ4n) is 3.18. The van der Waals surface area contributed by atoms with E-state index in [2.05, 4.69) is 11.8 Å². The summed E-state index contributed by atoms with van der Waals surface area (Å²) in [6, 6.07) is 0. The Balaban J connectivity index is 0.000000412. The quantitative estimate of drug-likeness (QED) is 0.765. The minimum absolute atomic E-state index is 0.00694. The SMILES string of the molecule is CCN1CCOCC2(CCCN(S(=O)(=O)CC)C2)C1.O=C(O)C(F)(F)F. The highest BCUT2D eigenvalue weighted by Gasteiger charge is 2.41. The van der Waals surface area contributed by atoms with Crippen LogP contribution in [0.4, 0.5) is 13.2 Å². The van der Waals surface area contributed by atoms with E-state index in [1.165, 1.54) is 0 Å². The Hall–Kier alpha value is -0.910. The molecule has 0 bridgehead atoms. The van der Waals surface area contributed by atoms with Crippen LogP contribution in [0, 0.1) is 5.41 Å². The molecule has 2 fully saturated rings. The van der Waals surface area contributed by atoms with Gasteiger partial charge in [-0.2, -0.15) is 13.2 Å². The van der Waals surface area contributed by atoms with E-state index in [1.54, 1.807) is 11.2 Å². The van der Waals surface area contributed by atoms with Gasteiger partial charge in [-0.25, -0.2) is 17.5 Å². The third kappa shape index (κ3) is 6.67. The molecular formula is C15H27F3N2O5S. The molecule has 7 nitrogen and oxygen atoms in total. The first-order valence-corrected chi connectivity index (χ1v) is 10.1. The summed E-state index contributed by atoms with van der Waals surface area (Å²) >= 11 is 0. The van der Waals surface area contributed by atoms with Crippen LogP contribution < -0.4 is 0 Å². The van der Waals surface area contributed by atoms with Crippen LogP contribution in [0.5, 0.6) is 0 Å². The van der Waals surface area contributed by atoms with Gasteiger partial charge in [0, 0.05) is 31.6 Å². The zero-order chi connectivity index (χ0) is 20.0. The van der Waals surface area contributed by atoms with Crippen LogP contribution in [0.25, 0.3) is 0 Å². The summed E-state index contributed by atoms with van der Waals surface area (Å²) in [4.78, 5) is 11.3. The van der Waals surface area contributed by atoms with Crippen LogP contribution in [0.3, 0.4) is 0 Å². The molecule has 0 saturated carbocycles. The molecule has 11 heteroatoms. The molecule has 0 amide bonds. The van der Waals surface area contributed by atoms with Gasteiger partial charge in [0.05, 0.1) is 19.0 Å². The summed E-state index contributed by atoms with van der Waals surface area (Å²) in [5, 5.41) is 7.12. The van der Waals surface area contributed by atoms with Gasteiger partial charge in [-0.05, 0) is 26.3 Å². The van der Waals surface area contributed by atoms with E-state index in [-0.39, 0.29) is 11.2 Å². The first kappa shape index (κ1) is 23.1. The Morgan fingerprint density at radius 2 is 1.85 bits per heavy atom. The van der Waals surface area contributed by atoms with Gasteiger partial charge in [0.15, 0.2) is 0 Å². The van der Waals surface area contributed by atoms with E-state index in [0.29, 0.717) is 19.7 Å². The Labute approximate surface area is 152 Å². The van der Waals surface area contributed by atoms with Crippen molar-refractivity contribution in [3.05, 3.63) is 0 Å². The number of carboxylic acid groups (broad SMARTS) is 1. The molecule has 1 N–H and O–H groups in total. The highest BCUT2D eigenvalue weighted by molar-refractivity contribution is 7.89. The zero-order valence-electron chi connectivity index (χ0n) is 15.1. The number of nitrogens with zero attached hydrogens (tertiary/aromatic N) is 2. The van der Waals surface area contributed by atoms with Gasteiger partial charge >= 0.3 is 12.1 Å². The fraction of sp³-hybridized carbons (Fsp3) is 0.933. The van der Waals surface area contributed by atoms with Crippen LogP contribution in [-0.2, 0) is 19.6 Å². The fourth-order valence-corrected chi connectivity index (χ4v) is 4.42. The Morgan fingerprint density at radius 1 is 1.23 bits per heavy atom. The third-order valence-electron chi connectivity index (χ3n) is 4.59. The minimum Gasteiger partial charge on any atom is -0.475 e. The van der Waals surface area contributed by atoms with Crippen molar-refractivity contribution in [2.24, 2.45) is 5.41 Å². The number of ether oxygens (including phenoxy) is 1. The lowest BCUT2D eigenvalue weighted by Crippen LogP contribution is -2.52. The summed E-state index contributed by atoms with van der Waals surface area (Å²) < 4.78 is 63.3.